The predicted octanol–water partition coefficient (Wildman–Crippen LogP) is 3.36. The van der Waals surface area contributed by atoms with Gasteiger partial charge in [0.15, 0.2) is 23.0 Å². The van der Waals surface area contributed by atoms with Crippen LogP contribution in [-0.4, -0.2) is 51.5 Å². The van der Waals surface area contributed by atoms with Gasteiger partial charge in [0.2, 0.25) is 0 Å². The molecule has 6 heteroatoms. The van der Waals surface area contributed by atoms with Gasteiger partial charge in [0.25, 0.3) is 0 Å². The third-order valence-corrected chi connectivity index (χ3v) is 4.31. The Hall–Kier alpha value is -2.44. The van der Waals surface area contributed by atoms with Crippen LogP contribution in [0.2, 0.25) is 0 Å². The van der Waals surface area contributed by atoms with Crippen LogP contribution in [0.1, 0.15) is 37.8 Å². The number of hydrogen-bond donors (Lipinski definition) is 5. The fraction of sp³-hybridized carbons (Fsp3) is 0.455. The lowest BCUT2D eigenvalue weighted by atomic mass is 10.1. The minimum absolute atomic E-state index is 0.0277. The van der Waals surface area contributed by atoms with Gasteiger partial charge in [-0.15, -0.1) is 0 Å². The van der Waals surface area contributed by atoms with Crippen molar-refractivity contribution < 1.29 is 20.4 Å². The molecule has 0 unspecified atom stereocenters. The molecule has 0 aliphatic rings. The summed E-state index contributed by atoms with van der Waals surface area (Å²) in [4.78, 5) is 2.43. The lowest BCUT2D eigenvalue weighted by Gasteiger charge is -2.20. The third-order valence-electron chi connectivity index (χ3n) is 4.31. The van der Waals surface area contributed by atoms with Crippen LogP contribution in [0.3, 0.4) is 0 Å². The molecule has 0 saturated heterocycles. The second-order valence-corrected chi connectivity index (χ2v) is 6.78. The van der Waals surface area contributed by atoms with E-state index in [1.807, 2.05) is 6.07 Å². The lowest BCUT2D eigenvalue weighted by Crippen LogP contribution is -2.27. The molecular weight excluding hydrogens is 356 g/mol. The average molecular weight is 391 g/mol. The molecular formula is C22H34N2O4. The van der Waals surface area contributed by atoms with E-state index >= 15 is 0 Å². The van der Waals surface area contributed by atoms with E-state index < -0.39 is 0 Å². The Morgan fingerprint density at radius 1 is 0.679 bits per heavy atom. The minimum Gasteiger partial charge on any atom is -0.504 e. The quantitative estimate of drug-likeness (QED) is 0.420. The minimum atomic E-state index is -0.0919. The predicted molar refractivity (Wildman–Crippen MR) is 113 cm³/mol. The largest absolute Gasteiger partial charge is 0.504 e. The highest BCUT2D eigenvalue weighted by Crippen LogP contribution is 2.25. The van der Waals surface area contributed by atoms with E-state index in [9.17, 15) is 10.2 Å². The van der Waals surface area contributed by atoms with Gasteiger partial charge in [0, 0.05) is 6.54 Å². The van der Waals surface area contributed by atoms with Crippen molar-refractivity contribution in [1.82, 2.24) is 4.90 Å². The molecule has 0 radical (unpaired) electrons. The zero-order chi connectivity index (χ0) is 20.9. The van der Waals surface area contributed by atoms with Crippen molar-refractivity contribution >= 4 is 0 Å². The van der Waals surface area contributed by atoms with E-state index in [4.69, 9.17) is 15.9 Å². The Morgan fingerprint density at radius 2 is 1.14 bits per heavy atom. The van der Waals surface area contributed by atoms with Crippen molar-refractivity contribution in [2.24, 2.45) is 5.73 Å². The molecule has 2 aromatic carbocycles. The smallest absolute Gasteiger partial charge is 0.157 e. The zero-order valence-corrected chi connectivity index (χ0v) is 16.9. The second-order valence-electron chi connectivity index (χ2n) is 6.78. The van der Waals surface area contributed by atoms with Crippen LogP contribution >= 0.6 is 0 Å². The fourth-order valence-electron chi connectivity index (χ4n) is 2.87. The molecule has 6 N–H and O–H groups in total. The molecule has 6 nitrogen and oxygen atoms in total. The molecule has 0 spiro atoms. The van der Waals surface area contributed by atoms with Crippen LogP contribution in [0.15, 0.2) is 36.4 Å². The number of nitrogens with two attached hydrogens (primary N) is 1. The van der Waals surface area contributed by atoms with Gasteiger partial charge in [-0.1, -0.05) is 26.0 Å². The molecule has 0 atom stereocenters. The van der Waals surface area contributed by atoms with Crippen molar-refractivity contribution in [2.75, 3.05) is 26.2 Å². The molecule has 0 aliphatic carbocycles. The molecule has 0 heterocycles. The first-order valence-electron chi connectivity index (χ1n) is 9.85. The first-order chi connectivity index (χ1) is 13.4. The van der Waals surface area contributed by atoms with Crippen molar-refractivity contribution in [3.63, 3.8) is 0 Å². The molecule has 0 saturated carbocycles. The number of benzene rings is 2. The Labute approximate surface area is 167 Å². The Kier molecular flexibility index (Phi) is 10.8. The van der Waals surface area contributed by atoms with Crippen molar-refractivity contribution in [3.05, 3.63) is 47.5 Å². The highest BCUT2D eigenvalue weighted by Gasteiger charge is 2.05. The molecule has 0 fully saturated rings. The summed E-state index contributed by atoms with van der Waals surface area (Å²) in [5, 5.41) is 36.6. The maximum absolute atomic E-state index is 9.41. The fourth-order valence-corrected chi connectivity index (χ4v) is 2.87. The van der Waals surface area contributed by atoms with E-state index in [1.165, 1.54) is 25.0 Å². The summed E-state index contributed by atoms with van der Waals surface area (Å²) in [5.74, 6) is -0.255. The zero-order valence-electron chi connectivity index (χ0n) is 16.9. The van der Waals surface area contributed by atoms with Crippen LogP contribution in [-0.2, 0) is 12.8 Å². The van der Waals surface area contributed by atoms with Gasteiger partial charge in [-0.05, 0) is 80.7 Å². The van der Waals surface area contributed by atoms with Gasteiger partial charge in [0.05, 0.1) is 0 Å². The molecule has 28 heavy (non-hydrogen) atoms. The van der Waals surface area contributed by atoms with E-state index in [2.05, 4.69) is 18.7 Å². The SMILES string of the molecule is CCCN(CCC)CCc1ccc(O)c(O)c1.NCCc1ccc(O)c(O)c1. The van der Waals surface area contributed by atoms with Crippen LogP contribution in [0.5, 0.6) is 23.0 Å². The van der Waals surface area contributed by atoms with Crippen LogP contribution in [0.25, 0.3) is 0 Å². The molecule has 2 aromatic rings. The summed E-state index contributed by atoms with van der Waals surface area (Å²) in [6.07, 6.45) is 3.96. The summed E-state index contributed by atoms with van der Waals surface area (Å²) < 4.78 is 0. The summed E-state index contributed by atoms with van der Waals surface area (Å²) in [7, 11) is 0. The number of rotatable bonds is 9. The summed E-state index contributed by atoms with van der Waals surface area (Å²) in [5.41, 5.74) is 7.30. The number of hydrogen-bond acceptors (Lipinski definition) is 6. The molecule has 156 valence electrons. The van der Waals surface area contributed by atoms with E-state index in [1.54, 1.807) is 18.2 Å². The Balaban J connectivity index is 0.000000307. The van der Waals surface area contributed by atoms with Gasteiger partial charge in [0.1, 0.15) is 0 Å². The third kappa shape index (κ3) is 8.50. The molecule has 0 aromatic heterocycles. The second kappa shape index (κ2) is 12.9. The molecule has 0 bridgehead atoms. The standard InChI is InChI=1S/C14H23NO2.C8H11NO2/c1-3-8-15(9-4-2)10-7-12-5-6-13(16)14(17)11-12;9-4-3-6-1-2-7(10)8(11)5-6/h5-6,11,16-17H,3-4,7-10H2,1-2H3;1-2,5,10-11H,3-4,9H2. The Morgan fingerprint density at radius 3 is 1.54 bits per heavy atom. The summed E-state index contributed by atoms with van der Waals surface area (Å²) >= 11 is 0. The highest BCUT2D eigenvalue weighted by molar-refractivity contribution is 5.41. The van der Waals surface area contributed by atoms with E-state index in [0.717, 1.165) is 37.2 Å². The number of nitrogens with zero attached hydrogens (tertiary/aromatic N) is 1. The highest BCUT2D eigenvalue weighted by atomic mass is 16.3. The monoisotopic (exact) mass is 390 g/mol. The lowest BCUT2D eigenvalue weighted by molar-refractivity contribution is 0.278. The van der Waals surface area contributed by atoms with E-state index in [-0.39, 0.29) is 23.0 Å². The van der Waals surface area contributed by atoms with Crippen LogP contribution in [0.4, 0.5) is 0 Å². The van der Waals surface area contributed by atoms with Crippen LogP contribution < -0.4 is 5.73 Å². The van der Waals surface area contributed by atoms with Gasteiger partial charge >= 0.3 is 0 Å². The normalized spacial score (nSPS) is 10.6. The van der Waals surface area contributed by atoms with Crippen molar-refractivity contribution in [2.45, 2.75) is 39.5 Å². The van der Waals surface area contributed by atoms with Crippen molar-refractivity contribution in [3.8, 4) is 23.0 Å². The molecule has 0 aliphatic heterocycles. The maximum Gasteiger partial charge on any atom is 0.157 e. The number of phenols is 4. The Bertz CT molecular complexity index is 701. The number of phenolic OH excluding ortho intramolecular Hbond substituents is 4. The molecule has 2 rings (SSSR count). The first-order valence-corrected chi connectivity index (χ1v) is 9.85. The summed E-state index contributed by atoms with van der Waals surface area (Å²) in [6.45, 7) is 8.18. The maximum atomic E-state index is 9.41. The van der Waals surface area contributed by atoms with Crippen LogP contribution in [0, 0.1) is 0 Å². The number of aromatic hydroxyl groups is 4. The first kappa shape index (κ1) is 23.6. The molecule has 0 amide bonds. The van der Waals surface area contributed by atoms with Gasteiger partial charge < -0.3 is 31.1 Å². The van der Waals surface area contributed by atoms with Gasteiger partial charge in [-0.2, -0.15) is 0 Å². The van der Waals surface area contributed by atoms with Crippen molar-refractivity contribution in [1.29, 1.82) is 0 Å². The van der Waals surface area contributed by atoms with E-state index in [0.29, 0.717) is 13.0 Å². The average Bonchev–Trinajstić information content (AvgIpc) is 2.67. The topological polar surface area (TPSA) is 110 Å². The summed E-state index contributed by atoms with van der Waals surface area (Å²) in [6, 6.07) is 9.77. The van der Waals surface area contributed by atoms with Gasteiger partial charge in [-0.3, -0.25) is 0 Å². The van der Waals surface area contributed by atoms with Gasteiger partial charge in [-0.25, -0.2) is 0 Å².